The van der Waals surface area contributed by atoms with E-state index in [1.54, 1.807) is 0 Å². The fraction of sp³-hybridized carbons (Fsp3) is 0.0435. The Kier molecular flexibility index (Phi) is 6.51. The fourth-order valence-electron chi connectivity index (χ4n) is 2.85. The van der Waals surface area contributed by atoms with Crippen LogP contribution >= 0.6 is 27.7 Å². The van der Waals surface area contributed by atoms with Crippen molar-refractivity contribution < 1.29 is 4.79 Å². The largest absolute Gasteiger partial charge is 0.325 e. The highest BCUT2D eigenvalue weighted by Gasteiger charge is 2.14. The highest BCUT2D eigenvalue weighted by molar-refractivity contribution is 9.10. The first-order valence-electron chi connectivity index (χ1n) is 9.23. The molecule has 7 heteroatoms. The number of rotatable bonds is 6. The van der Waals surface area contributed by atoms with E-state index in [0.717, 1.165) is 27.0 Å². The maximum Gasteiger partial charge on any atom is 0.234 e. The van der Waals surface area contributed by atoms with Crippen LogP contribution in [0.4, 0.5) is 5.69 Å². The van der Waals surface area contributed by atoms with E-state index in [2.05, 4.69) is 31.4 Å². The lowest BCUT2D eigenvalue weighted by atomic mass is 10.0. The Morgan fingerprint density at radius 3 is 2.17 bits per heavy atom. The quantitative estimate of drug-likeness (QED) is 0.361. The van der Waals surface area contributed by atoms with Gasteiger partial charge in [0.15, 0.2) is 0 Å². The van der Waals surface area contributed by atoms with Crippen molar-refractivity contribution in [3.05, 3.63) is 89.4 Å². The molecule has 3 aromatic carbocycles. The number of amides is 1. The van der Waals surface area contributed by atoms with Crippen LogP contribution in [0.25, 0.3) is 22.5 Å². The zero-order valence-corrected chi connectivity index (χ0v) is 18.2. The number of carbonyl (C=O) groups excluding carboxylic acids is 1. The normalized spacial score (nSPS) is 10.6. The maximum atomic E-state index is 12.3. The molecule has 4 rings (SSSR count). The molecule has 0 aliphatic heterocycles. The summed E-state index contributed by atoms with van der Waals surface area (Å²) in [5, 5.41) is 12.0. The van der Waals surface area contributed by atoms with Crippen LogP contribution in [-0.2, 0) is 4.79 Å². The number of aromatic nitrogens is 3. The van der Waals surface area contributed by atoms with Crippen molar-refractivity contribution in [2.75, 3.05) is 11.1 Å². The summed E-state index contributed by atoms with van der Waals surface area (Å²) >= 11 is 4.66. The average Bonchev–Trinajstić information content (AvgIpc) is 2.79. The molecule has 1 N–H and O–H groups in total. The van der Waals surface area contributed by atoms with Crippen molar-refractivity contribution in [2.45, 2.75) is 5.16 Å². The van der Waals surface area contributed by atoms with Gasteiger partial charge in [0.2, 0.25) is 11.1 Å². The average molecular weight is 477 g/mol. The van der Waals surface area contributed by atoms with Gasteiger partial charge < -0.3 is 5.32 Å². The molecule has 0 spiro atoms. The molecular formula is C23H17BrN4OS. The molecule has 0 aliphatic rings. The summed E-state index contributed by atoms with van der Waals surface area (Å²) in [6.07, 6.45) is 0. The Morgan fingerprint density at radius 2 is 1.50 bits per heavy atom. The Morgan fingerprint density at radius 1 is 0.833 bits per heavy atom. The number of thioether (sulfide) groups is 1. The van der Waals surface area contributed by atoms with Crippen LogP contribution in [0.15, 0.2) is 94.6 Å². The summed E-state index contributed by atoms with van der Waals surface area (Å²) in [7, 11) is 0. The third kappa shape index (κ3) is 5.11. The van der Waals surface area contributed by atoms with Gasteiger partial charge in [0.25, 0.3) is 0 Å². The van der Waals surface area contributed by atoms with Gasteiger partial charge in [-0.1, -0.05) is 94.4 Å². The third-order valence-electron chi connectivity index (χ3n) is 4.20. The predicted octanol–water partition coefficient (Wildman–Crippen LogP) is 5.70. The highest BCUT2D eigenvalue weighted by Crippen LogP contribution is 2.29. The predicted molar refractivity (Wildman–Crippen MR) is 124 cm³/mol. The molecule has 148 valence electrons. The molecule has 1 aromatic heterocycles. The topological polar surface area (TPSA) is 67.8 Å². The Bertz CT molecular complexity index is 1160. The molecule has 5 nitrogen and oxygen atoms in total. The molecule has 30 heavy (non-hydrogen) atoms. The second kappa shape index (κ2) is 9.65. The standard InChI is InChI=1S/C23H17BrN4OS/c24-18-12-7-13-19(14-18)25-20(29)15-30-23-26-21(16-8-3-1-4-9-16)22(27-28-23)17-10-5-2-6-11-17/h1-14H,15H2,(H,25,29). The van der Waals surface area contributed by atoms with Gasteiger partial charge in [0.1, 0.15) is 11.4 Å². The molecule has 4 aromatic rings. The van der Waals surface area contributed by atoms with Gasteiger partial charge in [-0.05, 0) is 18.2 Å². The number of carbonyl (C=O) groups is 1. The van der Waals surface area contributed by atoms with Gasteiger partial charge in [0, 0.05) is 21.3 Å². The lowest BCUT2D eigenvalue weighted by Gasteiger charge is -2.09. The molecule has 0 unspecified atom stereocenters. The van der Waals surface area contributed by atoms with E-state index < -0.39 is 0 Å². The maximum absolute atomic E-state index is 12.3. The van der Waals surface area contributed by atoms with Gasteiger partial charge in [0.05, 0.1) is 5.75 Å². The second-order valence-corrected chi connectivity index (χ2v) is 8.23. The first-order chi connectivity index (χ1) is 14.7. The van der Waals surface area contributed by atoms with E-state index in [4.69, 9.17) is 4.98 Å². The molecule has 1 heterocycles. The molecule has 0 bridgehead atoms. The minimum absolute atomic E-state index is 0.130. The molecule has 0 radical (unpaired) electrons. The lowest BCUT2D eigenvalue weighted by Crippen LogP contribution is -2.14. The smallest absolute Gasteiger partial charge is 0.234 e. The summed E-state index contributed by atoms with van der Waals surface area (Å²) < 4.78 is 0.907. The summed E-state index contributed by atoms with van der Waals surface area (Å²) in [4.78, 5) is 17.0. The minimum atomic E-state index is -0.130. The van der Waals surface area contributed by atoms with Crippen molar-refractivity contribution in [1.29, 1.82) is 0 Å². The van der Waals surface area contributed by atoms with E-state index in [1.807, 2.05) is 84.9 Å². The number of benzene rings is 3. The fourth-order valence-corrected chi connectivity index (χ4v) is 3.84. The Labute approximate surface area is 187 Å². The SMILES string of the molecule is O=C(CSc1nnc(-c2ccccc2)c(-c2ccccc2)n1)Nc1cccc(Br)c1. The number of nitrogens with zero attached hydrogens (tertiary/aromatic N) is 3. The number of hydrogen-bond acceptors (Lipinski definition) is 5. The summed E-state index contributed by atoms with van der Waals surface area (Å²) in [5.41, 5.74) is 4.09. The lowest BCUT2D eigenvalue weighted by molar-refractivity contribution is -0.113. The summed E-state index contributed by atoms with van der Waals surface area (Å²) in [6, 6.07) is 27.2. The van der Waals surface area contributed by atoms with Crippen LogP contribution < -0.4 is 5.32 Å². The molecule has 0 saturated heterocycles. The van der Waals surface area contributed by atoms with E-state index in [0.29, 0.717) is 10.9 Å². The van der Waals surface area contributed by atoms with Crippen LogP contribution in [0.3, 0.4) is 0 Å². The zero-order chi connectivity index (χ0) is 20.8. The summed E-state index contributed by atoms with van der Waals surface area (Å²) in [5.74, 6) is 0.0581. The van der Waals surface area contributed by atoms with Crippen LogP contribution in [0.5, 0.6) is 0 Å². The minimum Gasteiger partial charge on any atom is -0.325 e. The first kappa shape index (κ1) is 20.3. The Hall–Kier alpha value is -3.03. The second-order valence-electron chi connectivity index (χ2n) is 6.37. The van der Waals surface area contributed by atoms with Gasteiger partial charge in [-0.2, -0.15) is 0 Å². The van der Waals surface area contributed by atoms with Gasteiger partial charge in [-0.25, -0.2) is 4.98 Å². The van der Waals surface area contributed by atoms with Crippen molar-refractivity contribution in [1.82, 2.24) is 15.2 Å². The monoisotopic (exact) mass is 476 g/mol. The van der Waals surface area contributed by atoms with Crippen LogP contribution in [0.1, 0.15) is 0 Å². The number of hydrogen-bond donors (Lipinski definition) is 1. The van der Waals surface area contributed by atoms with E-state index >= 15 is 0 Å². The Balaban J connectivity index is 1.55. The van der Waals surface area contributed by atoms with Crippen LogP contribution in [0, 0.1) is 0 Å². The van der Waals surface area contributed by atoms with Gasteiger partial charge in [-0.3, -0.25) is 4.79 Å². The number of anilines is 1. The highest BCUT2D eigenvalue weighted by atomic mass is 79.9. The van der Waals surface area contributed by atoms with E-state index in [-0.39, 0.29) is 11.7 Å². The van der Waals surface area contributed by atoms with Crippen molar-refractivity contribution in [2.24, 2.45) is 0 Å². The number of nitrogens with one attached hydrogen (secondary N) is 1. The van der Waals surface area contributed by atoms with Crippen molar-refractivity contribution in [3.63, 3.8) is 0 Å². The zero-order valence-electron chi connectivity index (χ0n) is 15.8. The van der Waals surface area contributed by atoms with E-state index in [9.17, 15) is 4.79 Å². The summed E-state index contributed by atoms with van der Waals surface area (Å²) in [6.45, 7) is 0. The molecule has 0 fully saturated rings. The van der Waals surface area contributed by atoms with Crippen molar-refractivity contribution >= 4 is 39.3 Å². The molecular weight excluding hydrogens is 460 g/mol. The molecule has 0 aliphatic carbocycles. The first-order valence-corrected chi connectivity index (χ1v) is 11.0. The molecule has 1 amide bonds. The van der Waals surface area contributed by atoms with Gasteiger partial charge >= 0.3 is 0 Å². The van der Waals surface area contributed by atoms with Crippen molar-refractivity contribution in [3.8, 4) is 22.5 Å². The van der Waals surface area contributed by atoms with Gasteiger partial charge in [-0.15, -0.1) is 10.2 Å². The van der Waals surface area contributed by atoms with Crippen LogP contribution in [-0.4, -0.2) is 26.8 Å². The van der Waals surface area contributed by atoms with E-state index in [1.165, 1.54) is 11.8 Å². The molecule has 0 atom stereocenters. The van der Waals surface area contributed by atoms with Crippen LogP contribution in [0.2, 0.25) is 0 Å². The molecule has 0 saturated carbocycles. The number of halogens is 1. The third-order valence-corrected chi connectivity index (χ3v) is 5.53.